The van der Waals surface area contributed by atoms with Crippen LogP contribution in [0.5, 0.6) is 0 Å². The van der Waals surface area contributed by atoms with Crippen molar-refractivity contribution in [2.45, 2.75) is 39.7 Å². The SMILES string of the molecule is CC1=C(C=O)C(c2cccc3ncc(-c4ccccc4)cc23)C(C(=O)OC(C)C)=C(C)N1. The van der Waals surface area contributed by atoms with E-state index < -0.39 is 11.9 Å². The van der Waals surface area contributed by atoms with Gasteiger partial charge in [0.15, 0.2) is 0 Å². The molecule has 0 aliphatic carbocycles. The lowest BCUT2D eigenvalue weighted by molar-refractivity contribution is -0.143. The Labute approximate surface area is 187 Å². The summed E-state index contributed by atoms with van der Waals surface area (Å²) in [5, 5.41) is 4.08. The van der Waals surface area contributed by atoms with E-state index in [1.54, 1.807) is 0 Å². The second-order valence-electron chi connectivity index (χ2n) is 8.25. The highest BCUT2D eigenvalue weighted by Crippen LogP contribution is 2.41. The lowest BCUT2D eigenvalue weighted by atomic mass is 9.79. The van der Waals surface area contributed by atoms with Crippen LogP contribution in [0, 0.1) is 0 Å². The predicted molar refractivity (Wildman–Crippen MR) is 126 cm³/mol. The molecule has 1 aliphatic heterocycles. The van der Waals surface area contributed by atoms with Gasteiger partial charge in [0.25, 0.3) is 0 Å². The molecule has 0 spiro atoms. The lowest BCUT2D eigenvalue weighted by Crippen LogP contribution is -2.30. The topological polar surface area (TPSA) is 68.3 Å². The summed E-state index contributed by atoms with van der Waals surface area (Å²) in [5.74, 6) is -0.970. The van der Waals surface area contributed by atoms with E-state index in [2.05, 4.69) is 16.4 Å². The molecule has 1 aromatic heterocycles. The molecule has 4 rings (SSSR count). The molecule has 1 aliphatic rings. The summed E-state index contributed by atoms with van der Waals surface area (Å²) in [6, 6.07) is 17.9. The first-order chi connectivity index (χ1) is 15.4. The second-order valence-corrected chi connectivity index (χ2v) is 8.25. The Morgan fingerprint density at radius 1 is 1.03 bits per heavy atom. The van der Waals surface area contributed by atoms with Gasteiger partial charge in [-0.15, -0.1) is 0 Å². The number of fused-ring (bicyclic) bond motifs is 1. The standard InChI is InChI=1S/C27H26N2O3/c1-16(2)32-27(31)25-18(4)29-17(3)23(15-30)26(25)21-11-8-12-24-22(21)13-20(14-28-24)19-9-6-5-7-10-19/h5-16,26,29H,1-4H3. The third-order valence-corrected chi connectivity index (χ3v) is 5.68. The van der Waals surface area contributed by atoms with Crippen molar-refractivity contribution in [3.63, 3.8) is 0 Å². The van der Waals surface area contributed by atoms with Gasteiger partial charge in [-0.25, -0.2) is 4.79 Å². The highest BCUT2D eigenvalue weighted by Gasteiger charge is 2.35. The number of ether oxygens (including phenoxy) is 1. The minimum Gasteiger partial charge on any atom is -0.460 e. The van der Waals surface area contributed by atoms with E-state index in [4.69, 9.17) is 4.74 Å². The fourth-order valence-corrected chi connectivity index (χ4v) is 4.25. The van der Waals surface area contributed by atoms with Crippen molar-refractivity contribution >= 4 is 23.2 Å². The van der Waals surface area contributed by atoms with Crippen LogP contribution in [-0.2, 0) is 14.3 Å². The van der Waals surface area contributed by atoms with Gasteiger partial charge in [0.05, 0.1) is 17.2 Å². The third kappa shape index (κ3) is 3.94. The number of aldehydes is 1. The van der Waals surface area contributed by atoms with Gasteiger partial charge in [-0.05, 0) is 51.0 Å². The van der Waals surface area contributed by atoms with Crippen LogP contribution in [-0.4, -0.2) is 23.3 Å². The molecule has 0 fully saturated rings. The molecule has 2 aromatic carbocycles. The highest BCUT2D eigenvalue weighted by molar-refractivity contribution is 5.98. The Bertz CT molecular complexity index is 1260. The Hall–Kier alpha value is -3.73. The summed E-state index contributed by atoms with van der Waals surface area (Å²) in [5.41, 5.74) is 6.06. The maximum absolute atomic E-state index is 13.1. The lowest BCUT2D eigenvalue weighted by Gasteiger charge is -2.30. The van der Waals surface area contributed by atoms with Crippen LogP contribution in [0.25, 0.3) is 22.0 Å². The van der Waals surface area contributed by atoms with Crippen LogP contribution in [0.1, 0.15) is 39.2 Å². The van der Waals surface area contributed by atoms with Gasteiger partial charge in [-0.3, -0.25) is 9.78 Å². The molecule has 0 radical (unpaired) electrons. The Kier molecular flexibility index (Phi) is 5.91. The molecule has 1 unspecified atom stereocenters. The first-order valence-corrected chi connectivity index (χ1v) is 10.7. The summed E-state index contributed by atoms with van der Waals surface area (Å²) in [7, 11) is 0. The van der Waals surface area contributed by atoms with Gasteiger partial charge in [0, 0.05) is 40.0 Å². The van der Waals surface area contributed by atoms with E-state index in [9.17, 15) is 9.59 Å². The van der Waals surface area contributed by atoms with Gasteiger partial charge in [0.2, 0.25) is 0 Å². The van der Waals surface area contributed by atoms with Crippen LogP contribution >= 0.6 is 0 Å². The Balaban J connectivity index is 1.95. The molecule has 32 heavy (non-hydrogen) atoms. The number of nitrogens with zero attached hydrogens (tertiary/aromatic N) is 1. The second kappa shape index (κ2) is 8.79. The van der Waals surface area contributed by atoms with E-state index in [1.165, 1.54) is 0 Å². The highest BCUT2D eigenvalue weighted by atomic mass is 16.5. The zero-order chi connectivity index (χ0) is 22.8. The fraction of sp³-hybridized carbons (Fsp3) is 0.222. The number of carbonyl (C=O) groups excluding carboxylic acids is 2. The molecule has 3 aromatic rings. The Morgan fingerprint density at radius 2 is 1.78 bits per heavy atom. The van der Waals surface area contributed by atoms with Crippen LogP contribution in [0.2, 0.25) is 0 Å². The average Bonchev–Trinajstić information content (AvgIpc) is 2.78. The monoisotopic (exact) mass is 426 g/mol. The Morgan fingerprint density at radius 3 is 2.47 bits per heavy atom. The number of nitrogens with one attached hydrogen (secondary N) is 1. The van der Waals surface area contributed by atoms with Crippen LogP contribution in [0.15, 0.2) is 83.3 Å². The van der Waals surface area contributed by atoms with Crippen LogP contribution in [0.4, 0.5) is 0 Å². The molecule has 0 amide bonds. The molecule has 2 heterocycles. The van der Waals surface area contributed by atoms with Crippen molar-refractivity contribution < 1.29 is 14.3 Å². The van der Waals surface area contributed by atoms with Crippen molar-refractivity contribution in [2.75, 3.05) is 0 Å². The number of dihydropyridines is 1. The smallest absolute Gasteiger partial charge is 0.337 e. The number of carbonyl (C=O) groups is 2. The number of esters is 1. The first-order valence-electron chi connectivity index (χ1n) is 10.7. The van der Waals surface area contributed by atoms with E-state index in [1.807, 2.05) is 82.4 Å². The minimum absolute atomic E-state index is 0.269. The zero-order valence-corrected chi connectivity index (χ0v) is 18.7. The molecule has 0 saturated carbocycles. The molecule has 1 atom stereocenters. The first kappa shape index (κ1) is 21.5. The molecular weight excluding hydrogens is 400 g/mol. The number of pyridine rings is 1. The van der Waals surface area contributed by atoms with E-state index in [-0.39, 0.29) is 6.10 Å². The third-order valence-electron chi connectivity index (χ3n) is 5.68. The van der Waals surface area contributed by atoms with Crippen LogP contribution in [0.3, 0.4) is 0 Å². The van der Waals surface area contributed by atoms with Gasteiger partial charge < -0.3 is 10.1 Å². The molecule has 1 N–H and O–H groups in total. The van der Waals surface area contributed by atoms with E-state index in [0.29, 0.717) is 16.8 Å². The van der Waals surface area contributed by atoms with Crippen molar-refractivity contribution in [2.24, 2.45) is 0 Å². The number of allylic oxidation sites excluding steroid dienone is 3. The molecule has 0 saturated heterocycles. The zero-order valence-electron chi connectivity index (χ0n) is 18.7. The molecular formula is C27H26N2O3. The maximum Gasteiger partial charge on any atom is 0.337 e. The number of benzene rings is 2. The molecule has 5 nitrogen and oxygen atoms in total. The molecule has 5 heteroatoms. The maximum atomic E-state index is 13.1. The number of hydrogen-bond donors (Lipinski definition) is 1. The van der Waals surface area contributed by atoms with E-state index >= 15 is 0 Å². The summed E-state index contributed by atoms with van der Waals surface area (Å²) in [4.78, 5) is 30.0. The number of aromatic nitrogens is 1. The van der Waals surface area contributed by atoms with Gasteiger partial charge in [-0.2, -0.15) is 0 Å². The summed E-state index contributed by atoms with van der Waals surface area (Å²) < 4.78 is 5.55. The van der Waals surface area contributed by atoms with Crippen LogP contribution < -0.4 is 5.32 Å². The van der Waals surface area contributed by atoms with Crippen molar-refractivity contribution in [3.05, 3.63) is 88.9 Å². The van der Waals surface area contributed by atoms with Gasteiger partial charge in [-0.1, -0.05) is 42.5 Å². The summed E-state index contributed by atoms with van der Waals surface area (Å²) in [6.07, 6.45) is 2.41. The normalized spacial score (nSPS) is 16.3. The van der Waals surface area contributed by atoms with Crippen molar-refractivity contribution in [3.8, 4) is 11.1 Å². The number of rotatable bonds is 5. The molecule has 162 valence electrons. The predicted octanol–water partition coefficient (Wildman–Crippen LogP) is 5.29. The van der Waals surface area contributed by atoms with Gasteiger partial charge >= 0.3 is 5.97 Å². The van der Waals surface area contributed by atoms with Crippen molar-refractivity contribution in [1.29, 1.82) is 0 Å². The van der Waals surface area contributed by atoms with Gasteiger partial charge in [0.1, 0.15) is 6.29 Å². The minimum atomic E-state index is -0.545. The quantitative estimate of drug-likeness (QED) is 0.444. The summed E-state index contributed by atoms with van der Waals surface area (Å²) >= 11 is 0. The average molecular weight is 427 g/mol. The summed E-state index contributed by atoms with van der Waals surface area (Å²) in [6.45, 7) is 7.32. The van der Waals surface area contributed by atoms with E-state index in [0.717, 1.165) is 39.6 Å². The van der Waals surface area contributed by atoms with Crippen molar-refractivity contribution in [1.82, 2.24) is 10.3 Å². The number of hydrogen-bond acceptors (Lipinski definition) is 5. The fourth-order valence-electron chi connectivity index (χ4n) is 4.25. The molecule has 0 bridgehead atoms. The largest absolute Gasteiger partial charge is 0.460 e.